The number of benzene rings is 4. The van der Waals surface area contributed by atoms with Gasteiger partial charge in [0.2, 0.25) is 0 Å². The fourth-order valence-corrected chi connectivity index (χ4v) is 6.52. The first kappa shape index (κ1) is 23.8. The highest BCUT2D eigenvalue weighted by atomic mass is 15.2. The third kappa shape index (κ3) is 4.17. The van der Waals surface area contributed by atoms with Crippen LogP contribution in [0, 0.1) is 0 Å². The molecule has 0 radical (unpaired) electrons. The summed E-state index contributed by atoms with van der Waals surface area (Å²) in [4.78, 5) is 2.40. The molecule has 0 bridgehead atoms. The highest BCUT2D eigenvalue weighted by Crippen LogP contribution is 2.55. The number of anilines is 2. The highest BCUT2D eigenvalue weighted by Gasteiger charge is 2.40. The minimum Gasteiger partial charge on any atom is -0.336 e. The van der Waals surface area contributed by atoms with Crippen LogP contribution in [0.25, 0.3) is 22.3 Å². The summed E-state index contributed by atoms with van der Waals surface area (Å²) in [6.45, 7) is 19.3. The molecule has 1 aliphatic carbocycles. The molecule has 0 N–H and O–H groups in total. The Morgan fingerprint density at radius 3 is 1.84 bits per heavy atom. The summed E-state index contributed by atoms with van der Waals surface area (Å²) in [7, 11) is 0. The summed E-state index contributed by atoms with van der Waals surface area (Å²) in [5.74, 6) is -1.70. The zero-order valence-electron chi connectivity index (χ0n) is 26.5. The summed E-state index contributed by atoms with van der Waals surface area (Å²) in [6.07, 6.45) is 0. The van der Waals surface area contributed by atoms with Crippen LogP contribution in [0.1, 0.15) is 99.1 Å². The van der Waals surface area contributed by atoms with Crippen LogP contribution in [0.5, 0.6) is 0 Å². The standard InChI is InChI=1S/C37H43N/c1-24(2)33-27(26-16-11-10-12-17-26)19-15-21-31(33)38(36(5,6)7)32-23-22-29-28-18-13-14-20-30(28)37(8,9)35(29)34(32)25(3)4/h10-25H,1-9H3/i24D,25D. The van der Waals surface area contributed by atoms with E-state index < -0.39 is 11.8 Å². The van der Waals surface area contributed by atoms with Gasteiger partial charge < -0.3 is 4.90 Å². The van der Waals surface area contributed by atoms with Crippen LogP contribution in [0.2, 0.25) is 0 Å². The third-order valence-corrected chi connectivity index (χ3v) is 7.98. The second kappa shape index (κ2) is 9.45. The summed E-state index contributed by atoms with van der Waals surface area (Å²) < 4.78 is 18.9. The summed E-state index contributed by atoms with van der Waals surface area (Å²) in [5, 5.41) is 0. The zero-order chi connectivity index (χ0) is 29.3. The molecule has 1 nitrogen and oxygen atoms in total. The fraction of sp³-hybridized carbons (Fsp3) is 0.351. The van der Waals surface area contributed by atoms with E-state index in [4.69, 9.17) is 0 Å². The maximum atomic E-state index is 9.52. The van der Waals surface area contributed by atoms with Crippen LogP contribution in [0.3, 0.4) is 0 Å². The van der Waals surface area contributed by atoms with Gasteiger partial charge in [0.15, 0.2) is 0 Å². The van der Waals surface area contributed by atoms with Gasteiger partial charge in [-0.1, -0.05) is 114 Å². The molecule has 0 fully saturated rings. The van der Waals surface area contributed by atoms with E-state index in [0.29, 0.717) is 0 Å². The minimum absolute atomic E-state index is 0.234. The molecule has 0 saturated heterocycles. The van der Waals surface area contributed by atoms with E-state index in [1.165, 1.54) is 22.3 Å². The summed E-state index contributed by atoms with van der Waals surface area (Å²) >= 11 is 0. The van der Waals surface area contributed by atoms with Gasteiger partial charge in [-0.25, -0.2) is 0 Å². The first-order valence-electron chi connectivity index (χ1n) is 14.8. The molecule has 1 heteroatoms. The first-order valence-corrected chi connectivity index (χ1v) is 13.8. The quantitative estimate of drug-likeness (QED) is 0.262. The summed E-state index contributed by atoms with van der Waals surface area (Å²) in [6, 6.07) is 30.0. The van der Waals surface area contributed by atoms with Crippen molar-refractivity contribution in [2.45, 2.75) is 85.1 Å². The maximum Gasteiger partial charge on any atom is 0.0457 e. The van der Waals surface area contributed by atoms with E-state index in [1.807, 2.05) is 33.8 Å². The lowest BCUT2D eigenvalue weighted by Crippen LogP contribution is -2.39. The van der Waals surface area contributed by atoms with Gasteiger partial charge >= 0.3 is 0 Å². The second-order valence-corrected chi connectivity index (χ2v) is 12.6. The molecule has 0 aliphatic heterocycles. The topological polar surface area (TPSA) is 3.24 Å². The van der Waals surface area contributed by atoms with Crippen molar-refractivity contribution < 1.29 is 2.74 Å². The van der Waals surface area contributed by atoms with Crippen molar-refractivity contribution in [2.24, 2.45) is 0 Å². The lowest BCUT2D eigenvalue weighted by molar-refractivity contribution is 0.553. The molecule has 196 valence electrons. The predicted octanol–water partition coefficient (Wildman–Crippen LogP) is 10.8. The van der Waals surface area contributed by atoms with Crippen molar-refractivity contribution in [3.8, 4) is 22.3 Å². The Morgan fingerprint density at radius 1 is 0.632 bits per heavy atom. The third-order valence-electron chi connectivity index (χ3n) is 7.98. The van der Waals surface area contributed by atoms with Gasteiger partial charge in [-0.2, -0.15) is 0 Å². The molecule has 1 aliphatic rings. The molecule has 4 aromatic rings. The molecule has 5 rings (SSSR count). The van der Waals surface area contributed by atoms with Crippen LogP contribution in [-0.2, 0) is 5.41 Å². The van der Waals surface area contributed by atoms with Gasteiger partial charge in [0.25, 0.3) is 0 Å². The van der Waals surface area contributed by atoms with Crippen molar-refractivity contribution in [2.75, 3.05) is 4.90 Å². The largest absolute Gasteiger partial charge is 0.336 e. The molecular formula is C37H43N. The maximum absolute atomic E-state index is 9.52. The molecule has 0 spiro atoms. The molecule has 0 aromatic heterocycles. The summed E-state index contributed by atoms with van der Waals surface area (Å²) in [5.41, 5.74) is 10.8. The molecule has 0 heterocycles. The lowest BCUT2D eigenvalue weighted by atomic mass is 9.77. The SMILES string of the molecule is [2H]C(C)(C)c1c(-c2ccccc2)cccc1N(c1ccc2c(c1C([2H])(C)C)C(C)(C)c1ccccc1-2)C(C)(C)C. The van der Waals surface area contributed by atoms with Crippen molar-refractivity contribution in [1.29, 1.82) is 0 Å². The van der Waals surface area contributed by atoms with Crippen LogP contribution in [-0.4, -0.2) is 5.54 Å². The first-order chi connectivity index (χ1) is 18.5. The normalized spacial score (nSPS) is 15.4. The Morgan fingerprint density at radius 2 is 1.21 bits per heavy atom. The van der Waals surface area contributed by atoms with E-state index in [1.54, 1.807) is 0 Å². The van der Waals surface area contributed by atoms with Gasteiger partial charge in [0.05, 0.1) is 0 Å². The average Bonchev–Trinajstić information content (AvgIpc) is 3.09. The number of rotatable bonds is 5. The Balaban J connectivity index is 1.88. The van der Waals surface area contributed by atoms with Crippen molar-refractivity contribution in [3.63, 3.8) is 0 Å². The molecule has 0 atom stereocenters. The molecule has 38 heavy (non-hydrogen) atoms. The highest BCUT2D eigenvalue weighted by molar-refractivity contribution is 5.88. The Labute approximate surface area is 233 Å². The van der Waals surface area contributed by atoms with E-state index in [0.717, 1.165) is 33.6 Å². The van der Waals surface area contributed by atoms with Gasteiger partial charge in [0, 0.05) is 25.1 Å². The average molecular weight is 504 g/mol. The monoisotopic (exact) mass is 503 g/mol. The number of nitrogens with zero attached hydrogens (tertiary/aromatic N) is 1. The second-order valence-electron chi connectivity index (χ2n) is 12.6. The number of hydrogen-bond donors (Lipinski definition) is 0. The zero-order valence-corrected chi connectivity index (χ0v) is 24.5. The van der Waals surface area contributed by atoms with Crippen LogP contribution >= 0.6 is 0 Å². The van der Waals surface area contributed by atoms with E-state index in [2.05, 4.69) is 118 Å². The van der Waals surface area contributed by atoms with Crippen LogP contribution in [0.15, 0.2) is 84.9 Å². The lowest BCUT2D eigenvalue weighted by Gasteiger charge is -2.42. The van der Waals surface area contributed by atoms with Crippen LogP contribution in [0.4, 0.5) is 11.4 Å². The molecule has 0 saturated carbocycles. The number of fused-ring (bicyclic) bond motifs is 3. The van der Waals surface area contributed by atoms with Crippen LogP contribution < -0.4 is 4.90 Å². The van der Waals surface area contributed by atoms with Crippen molar-refractivity contribution >= 4 is 11.4 Å². The van der Waals surface area contributed by atoms with Gasteiger partial charge in [-0.05, 0) is 89.2 Å². The molecular weight excluding hydrogens is 458 g/mol. The Bertz CT molecular complexity index is 1560. The fourth-order valence-electron chi connectivity index (χ4n) is 6.52. The van der Waals surface area contributed by atoms with E-state index in [-0.39, 0.29) is 11.0 Å². The molecule has 0 amide bonds. The van der Waals surface area contributed by atoms with E-state index in [9.17, 15) is 2.74 Å². The van der Waals surface area contributed by atoms with E-state index >= 15 is 0 Å². The Hall–Kier alpha value is -3.32. The van der Waals surface area contributed by atoms with Crippen molar-refractivity contribution in [3.05, 3.63) is 107 Å². The van der Waals surface area contributed by atoms with Crippen molar-refractivity contribution in [1.82, 2.24) is 0 Å². The Kier molecular flexibility index (Phi) is 5.91. The van der Waals surface area contributed by atoms with Gasteiger partial charge in [0.1, 0.15) is 0 Å². The van der Waals surface area contributed by atoms with Gasteiger partial charge in [-0.15, -0.1) is 0 Å². The predicted molar refractivity (Wildman–Crippen MR) is 166 cm³/mol. The molecule has 4 aromatic carbocycles. The number of hydrogen-bond acceptors (Lipinski definition) is 1. The minimum atomic E-state index is -0.853. The smallest absolute Gasteiger partial charge is 0.0457 e. The molecule has 0 unspecified atom stereocenters. The van der Waals surface area contributed by atoms with Gasteiger partial charge in [-0.3, -0.25) is 0 Å².